The summed E-state index contributed by atoms with van der Waals surface area (Å²) in [5.74, 6) is 2.16. The highest BCUT2D eigenvalue weighted by atomic mass is 16.6. The van der Waals surface area contributed by atoms with E-state index in [-0.39, 0.29) is 11.8 Å². The van der Waals surface area contributed by atoms with Gasteiger partial charge in [-0.15, -0.1) is 5.10 Å². The predicted octanol–water partition coefficient (Wildman–Crippen LogP) is 2.13. The number of aliphatic hydroxyl groups is 1. The van der Waals surface area contributed by atoms with Crippen LogP contribution in [-0.2, 0) is 9.53 Å². The summed E-state index contributed by atoms with van der Waals surface area (Å²) in [4.78, 5) is 28.2. The first-order chi connectivity index (χ1) is 17.0. The SMILES string of the molecule is CNc1ncc(-c2nc3ccc(N4CCO[C@@H](O)C4)cn3n2)c2cc(NC(=O)[C@@H]3C[C@@H]3C)ncc12. The number of amides is 1. The second-order valence-corrected chi connectivity index (χ2v) is 9.09. The molecule has 180 valence electrons. The normalized spacial score (nSPS) is 21.9. The summed E-state index contributed by atoms with van der Waals surface area (Å²) in [6, 6.07) is 5.71. The number of anilines is 3. The molecule has 0 spiro atoms. The van der Waals surface area contributed by atoms with Crippen molar-refractivity contribution in [1.29, 1.82) is 0 Å². The molecule has 1 saturated carbocycles. The van der Waals surface area contributed by atoms with E-state index in [9.17, 15) is 9.90 Å². The van der Waals surface area contributed by atoms with Crippen molar-refractivity contribution in [3.05, 3.63) is 36.8 Å². The predicted molar refractivity (Wildman–Crippen MR) is 131 cm³/mol. The zero-order chi connectivity index (χ0) is 24.1. The molecule has 2 aliphatic rings. The number of rotatable bonds is 5. The van der Waals surface area contributed by atoms with Crippen molar-refractivity contribution in [3.63, 3.8) is 0 Å². The molecule has 3 N–H and O–H groups in total. The summed E-state index contributed by atoms with van der Waals surface area (Å²) < 4.78 is 6.95. The molecule has 1 aliphatic carbocycles. The van der Waals surface area contributed by atoms with Crippen molar-refractivity contribution in [2.75, 3.05) is 42.3 Å². The zero-order valence-corrected chi connectivity index (χ0v) is 19.5. The fourth-order valence-electron chi connectivity index (χ4n) is 4.53. The molecule has 6 rings (SSSR count). The Kier molecular flexibility index (Phi) is 5.23. The molecule has 4 aromatic heterocycles. The van der Waals surface area contributed by atoms with E-state index in [4.69, 9.17) is 14.8 Å². The van der Waals surface area contributed by atoms with Gasteiger partial charge in [-0.3, -0.25) is 4.79 Å². The third-order valence-electron chi connectivity index (χ3n) is 6.68. The summed E-state index contributed by atoms with van der Waals surface area (Å²) in [6.45, 7) is 3.62. The summed E-state index contributed by atoms with van der Waals surface area (Å²) in [6.07, 6.45) is 5.44. The molecule has 2 fully saturated rings. The Balaban J connectivity index is 1.39. The maximum Gasteiger partial charge on any atom is 0.228 e. The summed E-state index contributed by atoms with van der Waals surface area (Å²) >= 11 is 0. The number of hydrogen-bond acceptors (Lipinski definition) is 9. The first-order valence-corrected chi connectivity index (χ1v) is 11.7. The minimum absolute atomic E-state index is 0.000381. The van der Waals surface area contributed by atoms with Crippen molar-refractivity contribution < 1.29 is 14.6 Å². The molecule has 0 unspecified atom stereocenters. The van der Waals surface area contributed by atoms with Gasteiger partial charge in [0.15, 0.2) is 17.8 Å². The van der Waals surface area contributed by atoms with Gasteiger partial charge in [-0.25, -0.2) is 19.5 Å². The number of hydrogen-bond donors (Lipinski definition) is 3. The van der Waals surface area contributed by atoms with E-state index < -0.39 is 6.29 Å². The van der Waals surface area contributed by atoms with Crippen LogP contribution in [0.3, 0.4) is 0 Å². The van der Waals surface area contributed by atoms with Gasteiger partial charge in [0.2, 0.25) is 5.91 Å². The number of β-amino-alcohol motifs (C(OH)–C–C–N with tert-alkyl or cyclic N) is 1. The molecule has 11 heteroatoms. The maximum absolute atomic E-state index is 12.5. The van der Waals surface area contributed by atoms with E-state index >= 15 is 0 Å². The fourth-order valence-corrected chi connectivity index (χ4v) is 4.53. The molecule has 3 atom stereocenters. The highest BCUT2D eigenvalue weighted by molar-refractivity contribution is 6.03. The third-order valence-corrected chi connectivity index (χ3v) is 6.68. The van der Waals surface area contributed by atoms with Crippen molar-refractivity contribution in [3.8, 4) is 11.4 Å². The molecular formula is C24H26N8O3. The minimum atomic E-state index is -0.805. The first-order valence-electron chi connectivity index (χ1n) is 11.7. The molecule has 11 nitrogen and oxygen atoms in total. The highest BCUT2D eigenvalue weighted by Gasteiger charge is 2.39. The van der Waals surface area contributed by atoms with Crippen LogP contribution in [0.15, 0.2) is 36.8 Å². The Morgan fingerprint density at radius 1 is 1.23 bits per heavy atom. The Morgan fingerprint density at radius 2 is 2.09 bits per heavy atom. The van der Waals surface area contributed by atoms with E-state index in [1.165, 1.54) is 0 Å². The number of carbonyl (C=O) groups excluding carboxylic acids is 1. The quantitative estimate of drug-likeness (QED) is 0.398. The van der Waals surface area contributed by atoms with Crippen LogP contribution >= 0.6 is 0 Å². The third kappa shape index (κ3) is 4.02. The lowest BCUT2D eigenvalue weighted by Gasteiger charge is -2.31. The van der Waals surface area contributed by atoms with Gasteiger partial charge in [-0.2, -0.15) is 0 Å². The van der Waals surface area contributed by atoms with Gasteiger partial charge in [0.25, 0.3) is 0 Å². The van der Waals surface area contributed by atoms with Crippen molar-refractivity contribution in [1.82, 2.24) is 24.6 Å². The molecule has 35 heavy (non-hydrogen) atoms. The van der Waals surface area contributed by atoms with E-state index in [2.05, 4.69) is 32.4 Å². The monoisotopic (exact) mass is 474 g/mol. The largest absolute Gasteiger partial charge is 0.373 e. The van der Waals surface area contributed by atoms with E-state index in [0.29, 0.717) is 48.7 Å². The van der Waals surface area contributed by atoms with Gasteiger partial charge in [0.05, 0.1) is 25.0 Å². The number of fused-ring (bicyclic) bond motifs is 2. The Morgan fingerprint density at radius 3 is 2.86 bits per heavy atom. The Labute approximate surface area is 201 Å². The average molecular weight is 475 g/mol. The van der Waals surface area contributed by atoms with Crippen LogP contribution in [-0.4, -0.2) is 68.6 Å². The summed E-state index contributed by atoms with van der Waals surface area (Å²) in [7, 11) is 1.80. The van der Waals surface area contributed by atoms with Crippen LogP contribution < -0.4 is 15.5 Å². The molecule has 5 heterocycles. The topological polar surface area (TPSA) is 130 Å². The minimum Gasteiger partial charge on any atom is -0.373 e. The molecule has 1 aliphatic heterocycles. The number of nitrogens with one attached hydrogen (secondary N) is 2. The molecule has 1 saturated heterocycles. The van der Waals surface area contributed by atoms with Crippen molar-refractivity contribution in [2.24, 2.45) is 11.8 Å². The summed E-state index contributed by atoms with van der Waals surface area (Å²) in [5.41, 5.74) is 2.35. The lowest BCUT2D eigenvalue weighted by molar-refractivity contribution is -0.117. The summed E-state index contributed by atoms with van der Waals surface area (Å²) in [5, 5.41) is 22.2. The second-order valence-electron chi connectivity index (χ2n) is 9.09. The number of pyridine rings is 3. The molecule has 0 bridgehead atoms. The van der Waals surface area contributed by atoms with Crippen LogP contribution in [0.1, 0.15) is 13.3 Å². The van der Waals surface area contributed by atoms with Crippen LogP contribution in [0.25, 0.3) is 27.8 Å². The Hall–Kier alpha value is -3.83. The van der Waals surface area contributed by atoms with E-state index in [1.807, 2.05) is 24.4 Å². The van der Waals surface area contributed by atoms with Crippen LogP contribution in [0.4, 0.5) is 17.3 Å². The second kappa shape index (κ2) is 8.43. The number of morpholine rings is 1. The maximum atomic E-state index is 12.5. The zero-order valence-electron chi connectivity index (χ0n) is 19.5. The molecular weight excluding hydrogens is 448 g/mol. The number of aliphatic hydroxyl groups excluding tert-OH is 1. The number of aromatic nitrogens is 5. The number of nitrogens with zero attached hydrogens (tertiary/aromatic N) is 6. The van der Waals surface area contributed by atoms with Crippen LogP contribution in [0, 0.1) is 11.8 Å². The smallest absolute Gasteiger partial charge is 0.228 e. The van der Waals surface area contributed by atoms with Crippen molar-refractivity contribution >= 4 is 39.6 Å². The van der Waals surface area contributed by atoms with Gasteiger partial charge < -0.3 is 25.4 Å². The molecule has 0 radical (unpaired) electrons. The Bertz CT molecular complexity index is 1440. The van der Waals surface area contributed by atoms with Gasteiger partial charge in [-0.1, -0.05) is 6.92 Å². The van der Waals surface area contributed by atoms with Gasteiger partial charge in [0, 0.05) is 48.2 Å². The molecule has 1 amide bonds. The lowest BCUT2D eigenvalue weighted by atomic mass is 10.1. The van der Waals surface area contributed by atoms with Gasteiger partial charge >= 0.3 is 0 Å². The average Bonchev–Trinajstić information content (AvgIpc) is 3.45. The molecule has 0 aromatic carbocycles. The van der Waals surface area contributed by atoms with E-state index in [0.717, 1.165) is 28.4 Å². The van der Waals surface area contributed by atoms with Crippen LogP contribution in [0.5, 0.6) is 0 Å². The van der Waals surface area contributed by atoms with Gasteiger partial charge in [-0.05, 0) is 30.5 Å². The molecule has 4 aromatic rings. The number of carbonyl (C=O) groups is 1. The lowest BCUT2D eigenvalue weighted by Crippen LogP contribution is -2.42. The van der Waals surface area contributed by atoms with Crippen LogP contribution in [0.2, 0.25) is 0 Å². The van der Waals surface area contributed by atoms with Gasteiger partial charge in [0.1, 0.15) is 11.6 Å². The number of ether oxygens (including phenoxy) is 1. The first kappa shape index (κ1) is 21.7. The highest BCUT2D eigenvalue weighted by Crippen LogP contribution is 2.39. The standard InChI is InChI=1S/C24H26N8O3/c1-13-7-15(13)24(34)28-19-8-16-17(9-26-19)22(25-2)27-10-18(16)23-29-20-4-3-14(11-32(20)30-23)31-5-6-35-21(33)12-31/h3-4,8-11,13,15,21,33H,5-7,12H2,1-2H3,(H,25,27)(H,26,28,34)/t13-,15+,21+/m0/s1. The van der Waals surface area contributed by atoms with E-state index in [1.54, 1.807) is 24.0 Å². The van der Waals surface area contributed by atoms with Crippen molar-refractivity contribution in [2.45, 2.75) is 19.6 Å². The fraction of sp³-hybridized carbons (Fsp3) is 0.375.